The molecule has 0 amide bonds. The molecule has 0 aromatic heterocycles. The van der Waals surface area contributed by atoms with Crippen molar-refractivity contribution in [2.75, 3.05) is 35.5 Å². The van der Waals surface area contributed by atoms with Crippen LogP contribution in [0.2, 0.25) is 6.04 Å². The average Bonchev–Trinajstić information content (AvgIpc) is 2.73. The minimum Gasteiger partial charge on any atom is -0.493 e. The average molecular weight is 432 g/mol. The molecule has 0 spiro atoms. The number of nitro benzene ring substituents is 1. The van der Waals surface area contributed by atoms with Crippen molar-refractivity contribution in [3.05, 3.63) is 27.8 Å². The second-order valence-corrected chi connectivity index (χ2v) is 9.25. The largest absolute Gasteiger partial charge is 0.500 e. The summed E-state index contributed by atoms with van der Waals surface area (Å²) in [7, 11) is 4.74. The molecule has 0 saturated heterocycles. The van der Waals surface area contributed by atoms with Crippen molar-refractivity contribution in [3.63, 3.8) is 0 Å². The highest BCUT2D eigenvalue weighted by Gasteiger charge is 2.36. The van der Waals surface area contributed by atoms with Crippen LogP contribution in [0.5, 0.6) is 11.5 Å². The van der Waals surface area contributed by atoms with Gasteiger partial charge in [-0.05, 0) is 25.8 Å². The SMILES string of the molecule is COc1cc(C(C)OC(=O)CCCC[Si](OC)(OC)OC)c([N+](=O)[O-])cc1OC. The highest BCUT2D eigenvalue weighted by molar-refractivity contribution is 6.60. The summed E-state index contributed by atoms with van der Waals surface area (Å²) in [6.45, 7) is 1.57. The van der Waals surface area contributed by atoms with E-state index in [1.807, 2.05) is 0 Å². The zero-order valence-electron chi connectivity index (χ0n) is 17.7. The van der Waals surface area contributed by atoms with Crippen LogP contribution in [0.3, 0.4) is 0 Å². The molecule has 0 radical (unpaired) electrons. The van der Waals surface area contributed by atoms with Gasteiger partial charge in [-0.15, -0.1) is 0 Å². The maximum absolute atomic E-state index is 12.2. The highest BCUT2D eigenvalue weighted by atomic mass is 28.4. The lowest BCUT2D eigenvalue weighted by molar-refractivity contribution is -0.386. The van der Waals surface area contributed by atoms with Crippen LogP contribution in [0.25, 0.3) is 0 Å². The van der Waals surface area contributed by atoms with E-state index in [0.717, 1.165) is 0 Å². The number of nitro groups is 1. The van der Waals surface area contributed by atoms with Crippen molar-refractivity contribution < 1.29 is 37.2 Å². The van der Waals surface area contributed by atoms with Crippen LogP contribution in [0.1, 0.15) is 37.9 Å². The van der Waals surface area contributed by atoms with Gasteiger partial charge in [-0.25, -0.2) is 0 Å². The third-order valence-electron chi connectivity index (χ3n) is 4.52. The normalized spacial score (nSPS) is 12.3. The second-order valence-electron chi connectivity index (χ2n) is 6.16. The summed E-state index contributed by atoms with van der Waals surface area (Å²) in [6.07, 6.45) is 0.534. The van der Waals surface area contributed by atoms with Crippen molar-refractivity contribution in [3.8, 4) is 11.5 Å². The van der Waals surface area contributed by atoms with E-state index in [9.17, 15) is 14.9 Å². The third kappa shape index (κ3) is 6.67. The standard InChI is InChI=1S/C18H29NO9Si/c1-13(14-11-16(23-2)17(24-3)12-15(14)19(21)22)28-18(20)9-7-8-10-29(25-4,26-5)27-6/h11-13H,7-10H2,1-6H3. The number of carbonyl (C=O) groups is 1. The molecule has 0 N–H and O–H groups in total. The predicted molar refractivity (Wildman–Crippen MR) is 106 cm³/mol. The van der Waals surface area contributed by atoms with E-state index in [0.29, 0.717) is 24.6 Å². The molecular weight excluding hydrogens is 402 g/mol. The molecule has 29 heavy (non-hydrogen) atoms. The predicted octanol–water partition coefficient (Wildman–Crippen LogP) is 3.26. The Hall–Kier alpha value is -2.21. The Morgan fingerprint density at radius 1 is 1.03 bits per heavy atom. The van der Waals surface area contributed by atoms with Crippen LogP contribution in [-0.4, -0.2) is 55.2 Å². The molecule has 0 aliphatic heterocycles. The number of unbranched alkanes of at least 4 members (excludes halogenated alkanes) is 1. The first-order valence-electron chi connectivity index (χ1n) is 9.02. The number of esters is 1. The van der Waals surface area contributed by atoms with Gasteiger partial charge in [0.05, 0.1) is 30.8 Å². The number of benzene rings is 1. The Balaban J connectivity index is 2.74. The monoisotopic (exact) mass is 431 g/mol. The summed E-state index contributed by atoms with van der Waals surface area (Å²) in [5.41, 5.74) is 0.0181. The van der Waals surface area contributed by atoms with Crippen LogP contribution in [-0.2, 0) is 22.8 Å². The summed E-state index contributed by atoms with van der Waals surface area (Å²) in [5.74, 6) is 0.0839. The summed E-state index contributed by atoms with van der Waals surface area (Å²) in [6, 6.07) is 3.27. The molecule has 0 aliphatic carbocycles. The molecule has 0 heterocycles. The fourth-order valence-corrected chi connectivity index (χ4v) is 4.65. The minimum absolute atomic E-state index is 0.160. The highest BCUT2D eigenvalue weighted by Crippen LogP contribution is 2.38. The van der Waals surface area contributed by atoms with E-state index in [2.05, 4.69) is 0 Å². The molecule has 1 aromatic carbocycles. The van der Waals surface area contributed by atoms with Gasteiger partial charge in [-0.3, -0.25) is 14.9 Å². The second kappa shape index (κ2) is 11.7. The Bertz CT molecular complexity index is 686. The quantitative estimate of drug-likeness (QED) is 0.152. The van der Waals surface area contributed by atoms with Gasteiger partial charge in [-0.1, -0.05) is 0 Å². The minimum atomic E-state index is -2.67. The smallest absolute Gasteiger partial charge is 0.493 e. The molecule has 0 aliphatic rings. The van der Waals surface area contributed by atoms with Crippen LogP contribution < -0.4 is 9.47 Å². The van der Waals surface area contributed by atoms with Gasteiger partial charge in [0.15, 0.2) is 11.5 Å². The first-order chi connectivity index (χ1) is 13.8. The number of nitrogens with zero attached hydrogens (tertiary/aromatic N) is 1. The molecule has 11 heteroatoms. The van der Waals surface area contributed by atoms with Crippen LogP contribution in [0.15, 0.2) is 12.1 Å². The Morgan fingerprint density at radius 3 is 2.07 bits per heavy atom. The van der Waals surface area contributed by atoms with E-state index < -0.39 is 25.8 Å². The van der Waals surface area contributed by atoms with Crippen LogP contribution in [0, 0.1) is 10.1 Å². The van der Waals surface area contributed by atoms with Gasteiger partial charge >= 0.3 is 14.8 Å². The number of carbonyl (C=O) groups excluding carboxylic acids is 1. The fourth-order valence-electron chi connectivity index (χ4n) is 2.85. The van der Waals surface area contributed by atoms with Gasteiger partial charge in [0.2, 0.25) is 0 Å². The van der Waals surface area contributed by atoms with E-state index in [1.54, 1.807) is 6.92 Å². The van der Waals surface area contributed by atoms with E-state index in [4.69, 9.17) is 27.5 Å². The Morgan fingerprint density at radius 2 is 1.59 bits per heavy atom. The molecule has 10 nitrogen and oxygen atoms in total. The lowest BCUT2D eigenvalue weighted by Crippen LogP contribution is -2.42. The van der Waals surface area contributed by atoms with Crippen molar-refractivity contribution >= 4 is 20.5 Å². The molecule has 1 rings (SSSR count). The molecule has 0 fully saturated rings. The number of hydrogen-bond donors (Lipinski definition) is 0. The number of methoxy groups -OCH3 is 2. The van der Waals surface area contributed by atoms with Gasteiger partial charge in [0.1, 0.15) is 6.10 Å². The van der Waals surface area contributed by atoms with Gasteiger partial charge in [0, 0.05) is 33.8 Å². The number of rotatable bonds is 13. The molecule has 0 bridgehead atoms. The van der Waals surface area contributed by atoms with Crippen molar-refractivity contribution in [2.45, 2.75) is 38.3 Å². The number of hydrogen-bond acceptors (Lipinski definition) is 9. The van der Waals surface area contributed by atoms with Gasteiger partial charge in [-0.2, -0.15) is 0 Å². The van der Waals surface area contributed by atoms with E-state index in [-0.39, 0.29) is 23.4 Å². The van der Waals surface area contributed by atoms with E-state index in [1.165, 1.54) is 47.7 Å². The lowest BCUT2D eigenvalue weighted by Gasteiger charge is -2.24. The summed E-state index contributed by atoms with van der Waals surface area (Å²) in [4.78, 5) is 23.0. The molecule has 1 aromatic rings. The summed E-state index contributed by atoms with van der Waals surface area (Å²) in [5, 5.41) is 11.4. The number of ether oxygens (including phenoxy) is 3. The Kier molecular flexibility index (Phi) is 10.0. The third-order valence-corrected chi connectivity index (χ3v) is 7.35. The van der Waals surface area contributed by atoms with Crippen molar-refractivity contribution in [1.82, 2.24) is 0 Å². The summed E-state index contributed by atoms with van der Waals surface area (Å²) < 4.78 is 31.7. The van der Waals surface area contributed by atoms with Crippen LogP contribution in [0.4, 0.5) is 5.69 Å². The molecule has 1 unspecified atom stereocenters. The lowest BCUT2D eigenvalue weighted by atomic mass is 10.1. The summed E-state index contributed by atoms with van der Waals surface area (Å²) >= 11 is 0. The first-order valence-corrected chi connectivity index (χ1v) is 11.0. The van der Waals surface area contributed by atoms with Gasteiger partial charge in [0.25, 0.3) is 5.69 Å². The fraction of sp³-hybridized carbons (Fsp3) is 0.611. The topological polar surface area (TPSA) is 116 Å². The first kappa shape index (κ1) is 24.8. The van der Waals surface area contributed by atoms with Crippen LogP contribution >= 0.6 is 0 Å². The maximum atomic E-state index is 12.2. The van der Waals surface area contributed by atoms with Crippen molar-refractivity contribution in [1.29, 1.82) is 0 Å². The maximum Gasteiger partial charge on any atom is 0.500 e. The zero-order valence-corrected chi connectivity index (χ0v) is 18.7. The Labute approximate surface area is 171 Å². The molecule has 1 atom stereocenters. The molecule has 164 valence electrons. The van der Waals surface area contributed by atoms with Crippen molar-refractivity contribution in [2.24, 2.45) is 0 Å². The molecular formula is C18H29NO9Si. The van der Waals surface area contributed by atoms with Gasteiger partial charge < -0.3 is 27.5 Å². The molecule has 0 saturated carbocycles. The van der Waals surface area contributed by atoms with E-state index >= 15 is 0 Å². The zero-order chi connectivity index (χ0) is 22.0.